The Bertz CT molecular complexity index is 1850. The summed E-state index contributed by atoms with van der Waals surface area (Å²) in [7, 11) is 2.10. The number of amides is 1. The first kappa shape index (κ1) is 32.0. The standard InChI is InChI=1S/C39H44FN7O/c1-4-46(5-2)36(28-11-7-6-8-12-28)39(48)47-22-10-14-35(47)38-41-24-32(43-38)27-17-15-26(16-18-27)29-19-20-30(31(40)23-29)33-25-42-37(44-33)34-13-9-21-45(34)3/h6-8,11-12,15-20,23-25,34-36H,4-5,9-10,13-14,21-22H2,1-3H3,(H,41,43)(H,42,44)/t34-,35-,36+/m0/s1. The zero-order chi connectivity index (χ0) is 33.2. The van der Waals surface area contributed by atoms with Crippen molar-refractivity contribution < 1.29 is 9.18 Å². The number of carbonyl (C=O) groups is 1. The van der Waals surface area contributed by atoms with E-state index in [9.17, 15) is 4.79 Å². The molecule has 3 aromatic carbocycles. The zero-order valence-corrected chi connectivity index (χ0v) is 28.0. The van der Waals surface area contributed by atoms with E-state index in [4.69, 9.17) is 4.98 Å². The quantitative estimate of drug-likeness (QED) is 0.162. The van der Waals surface area contributed by atoms with E-state index in [2.05, 4.69) is 45.6 Å². The topological polar surface area (TPSA) is 84.2 Å². The average molecular weight is 646 g/mol. The van der Waals surface area contributed by atoms with Crippen LogP contribution in [0.5, 0.6) is 0 Å². The second-order valence-electron chi connectivity index (χ2n) is 13.0. The van der Waals surface area contributed by atoms with E-state index in [-0.39, 0.29) is 29.8 Å². The average Bonchev–Trinajstić information content (AvgIpc) is 3.95. The van der Waals surface area contributed by atoms with Crippen LogP contribution in [-0.2, 0) is 4.79 Å². The van der Waals surface area contributed by atoms with Crippen LogP contribution in [0.15, 0.2) is 85.2 Å². The largest absolute Gasteiger partial charge is 0.341 e. The molecule has 5 aromatic rings. The van der Waals surface area contributed by atoms with E-state index < -0.39 is 0 Å². The van der Waals surface area contributed by atoms with E-state index in [0.29, 0.717) is 17.8 Å². The molecule has 8 nitrogen and oxygen atoms in total. The van der Waals surface area contributed by atoms with Crippen molar-refractivity contribution >= 4 is 5.91 Å². The predicted molar refractivity (Wildman–Crippen MR) is 187 cm³/mol. The van der Waals surface area contributed by atoms with Gasteiger partial charge in [-0.05, 0) is 86.8 Å². The maximum Gasteiger partial charge on any atom is 0.245 e. The molecule has 2 aliphatic heterocycles. The van der Waals surface area contributed by atoms with E-state index >= 15 is 4.39 Å². The lowest BCUT2D eigenvalue weighted by Crippen LogP contribution is -2.43. The van der Waals surface area contributed by atoms with Gasteiger partial charge in [0.2, 0.25) is 5.91 Å². The maximum atomic E-state index is 15.4. The van der Waals surface area contributed by atoms with Crippen LogP contribution in [0.2, 0.25) is 0 Å². The van der Waals surface area contributed by atoms with Gasteiger partial charge in [-0.3, -0.25) is 14.6 Å². The number of halogens is 1. The normalized spacial score (nSPS) is 19.0. The zero-order valence-electron chi connectivity index (χ0n) is 28.0. The molecule has 3 atom stereocenters. The lowest BCUT2D eigenvalue weighted by atomic mass is 10.0. The Morgan fingerprint density at radius 1 is 0.833 bits per heavy atom. The lowest BCUT2D eigenvalue weighted by Gasteiger charge is -2.34. The van der Waals surface area contributed by atoms with Crippen LogP contribution in [0.25, 0.3) is 33.6 Å². The minimum absolute atomic E-state index is 0.0983. The summed E-state index contributed by atoms with van der Waals surface area (Å²) < 4.78 is 15.4. The number of benzene rings is 3. The highest BCUT2D eigenvalue weighted by Crippen LogP contribution is 2.36. The summed E-state index contributed by atoms with van der Waals surface area (Å²) in [6.07, 6.45) is 7.60. The molecular formula is C39H44FN7O. The number of nitrogens with zero attached hydrogens (tertiary/aromatic N) is 5. The second-order valence-corrected chi connectivity index (χ2v) is 13.0. The number of carbonyl (C=O) groups excluding carboxylic acids is 1. The Morgan fingerprint density at radius 2 is 1.46 bits per heavy atom. The Morgan fingerprint density at radius 3 is 2.15 bits per heavy atom. The summed E-state index contributed by atoms with van der Waals surface area (Å²) in [6, 6.07) is 23.4. The Kier molecular flexibility index (Phi) is 9.23. The molecule has 0 spiro atoms. The minimum Gasteiger partial charge on any atom is -0.341 e. The van der Waals surface area contributed by atoms with Crippen LogP contribution in [-0.4, -0.2) is 73.8 Å². The van der Waals surface area contributed by atoms with E-state index in [1.807, 2.05) is 77.8 Å². The highest BCUT2D eigenvalue weighted by Gasteiger charge is 2.38. The summed E-state index contributed by atoms with van der Waals surface area (Å²) in [5.41, 5.74) is 5.86. The molecular weight excluding hydrogens is 601 g/mol. The summed E-state index contributed by atoms with van der Waals surface area (Å²) in [5, 5.41) is 0. The van der Waals surface area contributed by atoms with Crippen molar-refractivity contribution in [3.05, 3.63) is 108 Å². The number of H-pyrrole nitrogens is 2. The first-order valence-electron chi connectivity index (χ1n) is 17.2. The fourth-order valence-electron chi connectivity index (χ4n) is 7.51. The van der Waals surface area contributed by atoms with Gasteiger partial charge in [-0.2, -0.15) is 0 Å². The van der Waals surface area contributed by atoms with Crippen molar-refractivity contribution in [1.29, 1.82) is 0 Å². The summed E-state index contributed by atoms with van der Waals surface area (Å²) >= 11 is 0. The van der Waals surface area contributed by atoms with Crippen LogP contribution in [0.1, 0.15) is 74.9 Å². The molecule has 0 unspecified atom stereocenters. The maximum absolute atomic E-state index is 15.4. The summed E-state index contributed by atoms with van der Waals surface area (Å²) in [5.74, 6) is 1.55. The fourth-order valence-corrected chi connectivity index (χ4v) is 7.51. The molecule has 9 heteroatoms. The van der Waals surface area contributed by atoms with Crippen molar-refractivity contribution in [2.75, 3.05) is 33.2 Å². The number of imidazole rings is 2. The molecule has 1 amide bonds. The molecule has 248 valence electrons. The number of aromatic amines is 2. The number of likely N-dealkylation sites (N-methyl/N-ethyl adjacent to an activating group) is 1. The summed E-state index contributed by atoms with van der Waals surface area (Å²) in [4.78, 5) is 36.9. The molecule has 7 rings (SSSR count). The van der Waals surface area contributed by atoms with Crippen molar-refractivity contribution in [1.82, 2.24) is 34.6 Å². The van der Waals surface area contributed by atoms with Gasteiger partial charge in [0, 0.05) is 12.1 Å². The van der Waals surface area contributed by atoms with Crippen LogP contribution in [0.4, 0.5) is 4.39 Å². The smallest absolute Gasteiger partial charge is 0.245 e. The number of nitrogens with one attached hydrogen (secondary N) is 2. The van der Waals surface area contributed by atoms with Gasteiger partial charge in [0.15, 0.2) is 0 Å². The number of likely N-dealkylation sites (tertiary alicyclic amines) is 2. The fraction of sp³-hybridized carbons (Fsp3) is 0.359. The first-order valence-corrected chi connectivity index (χ1v) is 17.2. The van der Waals surface area contributed by atoms with E-state index in [1.54, 1.807) is 12.3 Å². The highest BCUT2D eigenvalue weighted by atomic mass is 19.1. The third kappa shape index (κ3) is 6.20. The Labute approximate surface area is 282 Å². The predicted octanol–water partition coefficient (Wildman–Crippen LogP) is 7.79. The van der Waals surface area contributed by atoms with Crippen LogP contribution in [0, 0.1) is 5.82 Å². The molecule has 2 aliphatic rings. The Balaban J connectivity index is 1.06. The SMILES string of the molecule is CCN(CC)[C@@H](C(=O)N1CCC[C@H]1c1ncc(-c2ccc(-c3ccc(-c4cnc([C@@H]5CCCN5C)[nH]4)c(F)c3)cc2)[nH]1)c1ccccc1. The van der Waals surface area contributed by atoms with Gasteiger partial charge >= 0.3 is 0 Å². The van der Waals surface area contributed by atoms with E-state index in [1.165, 1.54) is 0 Å². The molecule has 2 aromatic heterocycles. The molecule has 2 N–H and O–H groups in total. The Hall–Kier alpha value is -4.60. The van der Waals surface area contributed by atoms with Crippen molar-refractivity contribution in [2.24, 2.45) is 0 Å². The van der Waals surface area contributed by atoms with Gasteiger partial charge in [0.1, 0.15) is 23.5 Å². The molecule has 0 radical (unpaired) electrons. The van der Waals surface area contributed by atoms with Gasteiger partial charge < -0.3 is 14.9 Å². The number of aromatic nitrogens is 4. The van der Waals surface area contributed by atoms with Gasteiger partial charge in [-0.25, -0.2) is 14.4 Å². The second kappa shape index (κ2) is 13.9. The first-order chi connectivity index (χ1) is 23.4. The van der Waals surface area contributed by atoms with Crippen LogP contribution < -0.4 is 0 Å². The van der Waals surface area contributed by atoms with Crippen LogP contribution in [0.3, 0.4) is 0 Å². The molecule has 0 saturated carbocycles. The van der Waals surface area contributed by atoms with E-state index in [0.717, 1.165) is 84.9 Å². The van der Waals surface area contributed by atoms with Crippen LogP contribution >= 0.6 is 0 Å². The molecule has 2 saturated heterocycles. The van der Waals surface area contributed by atoms with Gasteiger partial charge in [0.05, 0.1) is 35.9 Å². The monoisotopic (exact) mass is 645 g/mol. The summed E-state index contributed by atoms with van der Waals surface area (Å²) in [6.45, 7) is 7.57. The number of rotatable bonds is 10. The molecule has 48 heavy (non-hydrogen) atoms. The highest BCUT2D eigenvalue weighted by molar-refractivity contribution is 5.84. The van der Waals surface area contributed by atoms with Crippen molar-refractivity contribution in [3.8, 4) is 33.6 Å². The van der Waals surface area contributed by atoms with Gasteiger partial charge in [0.25, 0.3) is 0 Å². The minimum atomic E-state index is -0.321. The molecule has 2 fully saturated rings. The van der Waals surface area contributed by atoms with Gasteiger partial charge in [-0.15, -0.1) is 0 Å². The molecule has 0 aliphatic carbocycles. The third-order valence-corrected chi connectivity index (χ3v) is 10.2. The van der Waals surface area contributed by atoms with Crippen molar-refractivity contribution in [2.45, 2.75) is 57.7 Å². The molecule has 4 heterocycles. The molecule has 0 bridgehead atoms. The number of hydrogen-bond donors (Lipinski definition) is 2. The third-order valence-electron chi connectivity index (χ3n) is 10.2. The lowest BCUT2D eigenvalue weighted by molar-refractivity contribution is -0.138. The van der Waals surface area contributed by atoms with Crippen molar-refractivity contribution in [3.63, 3.8) is 0 Å². The van der Waals surface area contributed by atoms with Gasteiger partial charge in [-0.1, -0.05) is 74.5 Å². The number of hydrogen-bond acceptors (Lipinski definition) is 5.